The molecule has 3 aliphatic carbocycles. The standard InChI is InChI=1S/C16H13BrN2O4/c17-10-5-6-11(12(7-10)19(22)23)18-15(20)13-8-1-2-9(4-3-8)14(13)16(18)21/h1-2,5-9,13-14H,3-4H2/t8-,9-,13-,14-/m1/s1. The minimum Gasteiger partial charge on any atom is -0.274 e. The molecule has 0 N–H and O–H groups in total. The lowest BCUT2D eigenvalue weighted by molar-refractivity contribution is -0.384. The van der Waals surface area contributed by atoms with E-state index >= 15 is 0 Å². The Morgan fingerprint density at radius 1 is 1.09 bits per heavy atom. The highest BCUT2D eigenvalue weighted by atomic mass is 79.9. The van der Waals surface area contributed by atoms with E-state index in [1.165, 1.54) is 12.1 Å². The average molecular weight is 377 g/mol. The summed E-state index contributed by atoms with van der Waals surface area (Å²) < 4.78 is 0.534. The van der Waals surface area contributed by atoms with Gasteiger partial charge in [0.1, 0.15) is 5.69 Å². The maximum Gasteiger partial charge on any atom is 0.294 e. The van der Waals surface area contributed by atoms with Crippen molar-refractivity contribution >= 4 is 39.1 Å². The SMILES string of the molecule is O=C1[C@H]2[C@H](C(=O)N1c1ccc(Br)cc1[N+](=O)[O-])[C@@H]1C=C[C@@H]2CC1. The van der Waals surface area contributed by atoms with Crippen molar-refractivity contribution in [1.82, 2.24) is 0 Å². The summed E-state index contributed by atoms with van der Waals surface area (Å²) in [5.41, 5.74) is -0.165. The first-order valence-electron chi connectivity index (χ1n) is 7.49. The van der Waals surface area contributed by atoms with Crippen LogP contribution in [0.4, 0.5) is 11.4 Å². The predicted octanol–water partition coefficient (Wildman–Crippen LogP) is 3.06. The molecule has 0 spiro atoms. The fourth-order valence-electron chi connectivity index (χ4n) is 4.14. The smallest absolute Gasteiger partial charge is 0.274 e. The summed E-state index contributed by atoms with van der Waals surface area (Å²) in [4.78, 5) is 37.5. The van der Waals surface area contributed by atoms with Crippen LogP contribution in [-0.4, -0.2) is 16.7 Å². The Labute approximate surface area is 140 Å². The van der Waals surface area contributed by atoms with Gasteiger partial charge in [0.25, 0.3) is 5.69 Å². The Balaban J connectivity index is 1.81. The van der Waals surface area contributed by atoms with E-state index in [1.54, 1.807) is 6.07 Å². The molecule has 1 aliphatic heterocycles. The highest BCUT2D eigenvalue weighted by Gasteiger charge is 2.57. The first kappa shape index (κ1) is 14.6. The van der Waals surface area contributed by atoms with Crippen molar-refractivity contribution in [3.05, 3.63) is 44.9 Å². The number of carbonyl (C=O) groups is 2. The molecule has 0 aromatic heterocycles. The van der Waals surface area contributed by atoms with Gasteiger partial charge in [0.2, 0.25) is 11.8 Å². The normalized spacial score (nSPS) is 31.6. The topological polar surface area (TPSA) is 80.5 Å². The van der Waals surface area contributed by atoms with Crippen molar-refractivity contribution < 1.29 is 14.5 Å². The van der Waals surface area contributed by atoms with Crippen LogP contribution in [-0.2, 0) is 9.59 Å². The highest BCUT2D eigenvalue weighted by Crippen LogP contribution is 2.51. The molecule has 2 fully saturated rings. The number of hydrogen-bond acceptors (Lipinski definition) is 4. The maximum absolute atomic E-state index is 12.8. The summed E-state index contributed by atoms with van der Waals surface area (Å²) in [5.74, 6) is -1.19. The second-order valence-corrected chi connectivity index (χ2v) is 7.16. The summed E-state index contributed by atoms with van der Waals surface area (Å²) in [6, 6.07) is 4.40. The Morgan fingerprint density at radius 3 is 2.13 bits per heavy atom. The molecule has 1 aromatic rings. The van der Waals surface area contributed by atoms with Crippen molar-refractivity contribution in [1.29, 1.82) is 0 Å². The van der Waals surface area contributed by atoms with Gasteiger partial charge in [0.05, 0.1) is 16.8 Å². The van der Waals surface area contributed by atoms with Gasteiger partial charge in [0, 0.05) is 10.5 Å². The molecule has 6 nitrogen and oxygen atoms in total. The number of nitro groups is 1. The minimum atomic E-state index is -0.560. The summed E-state index contributed by atoms with van der Waals surface area (Å²) in [5, 5.41) is 11.3. The van der Waals surface area contributed by atoms with Crippen LogP contribution in [0.3, 0.4) is 0 Å². The molecule has 7 heteroatoms. The monoisotopic (exact) mass is 376 g/mol. The molecule has 1 saturated carbocycles. The van der Waals surface area contributed by atoms with E-state index in [2.05, 4.69) is 15.9 Å². The summed E-state index contributed by atoms with van der Waals surface area (Å²) in [6.45, 7) is 0. The van der Waals surface area contributed by atoms with E-state index in [4.69, 9.17) is 0 Å². The molecule has 23 heavy (non-hydrogen) atoms. The van der Waals surface area contributed by atoms with E-state index in [1.807, 2.05) is 12.2 Å². The molecule has 0 radical (unpaired) electrons. The second kappa shape index (κ2) is 4.99. The number of anilines is 1. The van der Waals surface area contributed by atoms with Crippen molar-refractivity contribution in [2.75, 3.05) is 4.90 Å². The van der Waals surface area contributed by atoms with Crippen LogP contribution in [0.5, 0.6) is 0 Å². The number of nitro benzene ring substituents is 1. The second-order valence-electron chi connectivity index (χ2n) is 6.24. The Hall–Kier alpha value is -2.02. The van der Waals surface area contributed by atoms with Crippen LogP contribution in [0.15, 0.2) is 34.8 Å². The fourth-order valence-corrected chi connectivity index (χ4v) is 4.49. The van der Waals surface area contributed by atoms with Crippen LogP contribution < -0.4 is 4.90 Å². The molecular weight excluding hydrogens is 364 g/mol. The third kappa shape index (κ3) is 1.99. The minimum absolute atomic E-state index is 0.0703. The number of amides is 2. The van der Waals surface area contributed by atoms with E-state index in [0.717, 1.165) is 17.7 Å². The van der Waals surface area contributed by atoms with Crippen molar-refractivity contribution in [3.63, 3.8) is 0 Å². The van der Waals surface area contributed by atoms with Crippen LogP contribution in [0.1, 0.15) is 12.8 Å². The predicted molar refractivity (Wildman–Crippen MR) is 85.6 cm³/mol. The van der Waals surface area contributed by atoms with Gasteiger partial charge in [-0.2, -0.15) is 0 Å². The summed E-state index contributed by atoms with van der Waals surface area (Å²) in [7, 11) is 0. The number of hydrogen-bond donors (Lipinski definition) is 0. The van der Waals surface area contributed by atoms with E-state index < -0.39 is 4.92 Å². The lowest BCUT2D eigenvalue weighted by Gasteiger charge is -2.38. The van der Waals surface area contributed by atoms with Crippen LogP contribution in [0, 0.1) is 33.8 Å². The maximum atomic E-state index is 12.8. The molecular formula is C16H13BrN2O4. The number of nitrogens with zero attached hydrogens (tertiary/aromatic N) is 2. The quantitative estimate of drug-likeness (QED) is 0.343. The van der Waals surface area contributed by atoms with Gasteiger partial charge in [-0.3, -0.25) is 19.7 Å². The number of rotatable bonds is 2. The van der Waals surface area contributed by atoms with Gasteiger partial charge in [-0.25, -0.2) is 4.90 Å². The summed E-state index contributed by atoms with van der Waals surface area (Å²) in [6.07, 6.45) is 5.86. The van der Waals surface area contributed by atoms with Gasteiger partial charge in [-0.05, 0) is 36.8 Å². The fraction of sp³-hybridized carbons (Fsp3) is 0.375. The zero-order chi connectivity index (χ0) is 16.3. The molecule has 1 heterocycles. The zero-order valence-electron chi connectivity index (χ0n) is 12.0. The average Bonchev–Trinajstić information content (AvgIpc) is 2.82. The summed E-state index contributed by atoms with van der Waals surface area (Å²) >= 11 is 3.19. The van der Waals surface area contributed by atoms with Gasteiger partial charge >= 0.3 is 0 Å². The Morgan fingerprint density at radius 2 is 1.65 bits per heavy atom. The van der Waals surface area contributed by atoms with Crippen molar-refractivity contribution in [3.8, 4) is 0 Å². The molecule has 1 aromatic carbocycles. The van der Waals surface area contributed by atoms with Gasteiger partial charge in [-0.1, -0.05) is 28.1 Å². The molecule has 4 aliphatic rings. The molecule has 2 amide bonds. The van der Waals surface area contributed by atoms with Crippen LogP contribution in [0.25, 0.3) is 0 Å². The van der Waals surface area contributed by atoms with Crippen molar-refractivity contribution in [2.24, 2.45) is 23.7 Å². The Kier molecular flexibility index (Phi) is 3.16. The number of halogens is 1. The first-order valence-corrected chi connectivity index (χ1v) is 8.28. The molecule has 0 unspecified atom stereocenters. The molecule has 4 atom stereocenters. The Bertz CT molecular complexity index is 743. The zero-order valence-corrected chi connectivity index (χ0v) is 13.6. The van der Waals surface area contributed by atoms with E-state index in [9.17, 15) is 19.7 Å². The number of fused-ring (bicyclic) bond motifs is 1. The first-order chi connectivity index (χ1) is 11.0. The van der Waals surface area contributed by atoms with Gasteiger partial charge in [-0.15, -0.1) is 0 Å². The molecule has 118 valence electrons. The lowest BCUT2D eigenvalue weighted by Crippen LogP contribution is -2.38. The molecule has 5 rings (SSSR count). The third-order valence-electron chi connectivity index (χ3n) is 5.13. The van der Waals surface area contributed by atoms with Crippen molar-refractivity contribution in [2.45, 2.75) is 12.8 Å². The number of imide groups is 1. The van der Waals surface area contributed by atoms with E-state index in [0.29, 0.717) is 4.47 Å². The molecule has 1 saturated heterocycles. The van der Waals surface area contributed by atoms with Gasteiger partial charge in [0.15, 0.2) is 0 Å². The van der Waals surface area contributed by atoms with Gasteiger partial charge < -0.3 is 0 Å². The van der Waals surface area contributed by atoms with E-state index in [-0.39, 0.29) is 46.9 Å². The number of carbonyl (C=O) groups excluding carboxylic acids is 2. The largest absolute Gasteiger partial charge is 0.294 e. The number of allylic oxidation sites excluding steroid dienone is 2. The van der Waals surface area contributed by atoms with Crippen LogP contribution in [0.2, 0.25) is 0 Å². The lowest BCUT2D eigenvalue weighted by atomic mass is 9.63. The molecule has 2 bridgehead atoms. The third-order valence-corrected chi connectivity index (χ3v) is 5.63. The highest BCUT2D eigenvalue weighted by molar-refractivity contribution is 9.10. The van der Waals surface area contributed by atoms with Crippen LogP contribution >= 0.6 is 15.9 Å². The number of benzene rings is 1.